The number of benzene rings is 2. The van der Waals surface area contributed by atoms with Gasteiger partial charge in [-0.05, 0) is 73.7 Å². The van der Waals surface area contributed by atoms with Gasteiger partial charge in [0.25, 0.3) is 11.8 Å². The normalized spacial score (nSPS) is 12.9. The van der Waals surface area contributed by atoms with E-state index in [0.717, 1.165) is 31.2 Å². The summed E-state index contributed by atoms with van der Waals surface area (Å²) < 4.78 is 0. The number of hydrogen-bond acceptors (Lipinski definition) is 3. The molecule has 4 rings (SSSR count). The Morgan fingerprint density at radius 2 is 1.62 bits per heavy atom. The van der Waals surface area contributed by atoms with Crippen molar-refractivity contribution in [1.82, 2.24) is 0 Å². The first-order chi connectivity index (χ1) is 14.0. The Labute approximate surface area is 182 Å². The van der Waals surface area contributed by atoms with Crippen LogP contribution in [-0.4, -0.2) is 11.8 Å². The highest BCUT2D eigenvalue weighted by Crippen LogP contribution is 2.39. The summed E-state index contributed by atoms with van der Waals surface area (Å²) in [5.74, 6) is -0.514. The number of carbonyl (C=O) groups excluding carboxylic acids is 2. The lowest BCUT2D eigenvalue weighted by Crippen LogP contribution is -2.18. The van der Waals surface area contributed by atoms with E-state index < -0.39 is 0 Å². The van der Waals surface area contributed by atoms with E-state index in [0.29, 0.717) is 31.9 Å². The van der Waals surface area contributed by atoms with Crippen LogP contribution in [0, 0.1) is 0 Å². The first kappa shape index (κ1) is 20.0. The highest BCUT2D eigenvalue weighted by Gasteiger charge is 2.26. The Balaban J connectivity index is 1.65. The van der Waals surface area contributed by atoms with E-state index in [1.807, 2.05) is 0 Å². The average molecular weight is 445 g/mol. The lowest BCUT2D eigenvalue weighted by atomic mass is 9.95. The van der Waals surface area contributed by atoms with Crippen molar-refractivity contribution in [3.05, 3.63) is 80.1 Å². The highest BCUT2D eigenvalue weighted by molar-refractivity contribution is 7.17. The van der Waals surface area contributed by atoms with Crippen molar-refractivity contribution in [2.45, 2.75) is 25.7 Å². The van der Waals surface area contributed by atoms with E-state index >= 15 is 0 Å². The van der Waals surface area contributed by atoms with Gasteiger partial charge in [0.05, 0.1) is 5.56 Å². The van der Waals surface area contributed by atoms with E-state index in [1.165, 1.54) is 16.2 Å². The molecule has 0 atom stereocenters. The number of nitrogens with one attached hydrogen (secondary N) is 2. The first-order valence-corrected chi connectivity index (χ1v) is 10.9. The molecule has 2 amide bonds. The number of thiophene rings is 1. The molecule has 3 aromatic rings. The summed E-state index contributed by atoms with van der Waals surface area (Å²) >= 11 is 13.4. The van der Waals surface area contributed by atoms with Gasteiger partial charge in [-0.25, -0.2) is 0 Å². The molecule has 0 aliphatic heterocycles. The molecule has 0 spiro atoms. The van der Waals surface area contributed by atoms with Crippen molar-refractivity contribution in [2.24, 2.45) is 0 Å². The minimum atomic E-state index is -0.286. The topological polar surface area (TPSA) is 58.2 Å². The van der Waals surface area contributed by atoms with Crippen LogP contribution in [0.5, 0.6) is 0 Å². The molecule has 1 aliphatic carbocycles. The Morgan fingerprint density at radius 1 is 0.862 bits per heavy atom. The van der Waals surface area contributed by atoms with Crippen LogP contribution in [0.3, 0.4) is 0 Å². The molecule has 0 fully saturated rings. The van der Waals surface area contributed by atoms with Gasteiger partial charge in [0.2, 0.25) is 0 Å². The van der Waals surface area contributed by atoms with Crippen LogP contribution in [0.2, 0.25) is 10.0 Å². The van der Waals surface area contributed by atoms with Gasteiger partial charge >= 0.3 is 0 Å². The van der Waals surface area contributed by atoms with Crippen molar-refractivity contribution in [3.63, 3.8) is 0 Å². The summed E-state index contributed by atoms with van der Waals surface area (Å²) in [6, 6.07) is 13.7. The smallest absolute Gasteiger partial charge is 0.258 e. The van der Waals surface area contributed by atoms with Gasteiger partial charge in [0, 0.05) is 26.2 Å². The molecule has 1 aromatic heterocycles. The highest BCUT2D eigenvalue weighted by atomic mass is 35.5. The van der Waals surface area contributed by atoms with Gasteiger partial charge < -0.3 is 10.6 Å². The van der Waals surface area contributed by atoms with E-state index in [4.69, 9.17) is 23.2 Å². The third-order valence-electron chi connectivity index (χ3n) is 4.81. The molecule has 0 saturated heterocycles. The predicted octanol–water partition coefficient (Wildman–Crippen LogP) is 6.44. The number of anilines is 2. The van der Waals surface area contributed by atoms with Crippen molar-refractivity contribution in [1.29, 1.82) is 0 Å². The van der Waals surface area contributed by atoms with Crippen LogP contribution in [0.4, 0.5) is 10.7 Å². The Bertz CT molecular complexity index is 1080. The van der Waals surface area contributed by atoms with Crippen molar-refractivity contribution in [3.8, 4) is 0 Å². The summed E-state index contributed by atoms with van der Waals surface area (Å²) in [7, 11) is 0. The fourth-order valence-electron chi connectivity index (χ4n) is 3.43. The number of amides is 2. The Hall–Kier alpha value is -2.34. The van der Waals surface area contributed by atoms with Crippen LogP contribution >= 0.6 is 34.5 Å². The quantitative estimate of drug-likeness (QED) is 0.486. The van der Waals surface area contributed by atoms with Crippen molar-refractivity contribution in [2.75, 3.05) is 10.6 Å². The second kappa shape index (κ2) is 8.57. The van der Waals surface area contributed by atoms with E-state index in [-0.39, 0.29) is 11.8 Å². The summed E-state index contributed by atoms with van der Waals surface area (Å²) in [5.41, 5.74) is 2.69. The lowest BCUT2D eigenvalue weighted by molar-refractivity contribution is 0.102. The van der Waals surface area contributed by atoms with Crippen LogP contribution in [-0.2, 0) is 12.8 Å². The van der Waals surface area contributed by atoms with E-state index in [9.17, 15) is 9.59 Å². The zero-order valence-electron chi connectivity index (χ0n) is 15.4. The van der Waals surface area contributed by atoms with E-state index in [1.54, 1.807) is 48.5 Å². The summed E-state index contributed by atoms with van der Waals surface area (Å²) in [5, 5.41) is 7.52. The average Bonchev–Trinajstić information content (AvgIpc) is 3.07. The number of fused-ring (bicyclic) bond motifs is 1. The van der Waals surface area contributed by atoms with Gasteiger partial charge in [-0.1, -0.05) is 29.3 Å². The fourth-order valence-corrected chi connectivity index (χ4v) is 5.02. The third-order valence-corrected chi connectivity index (χ3v) is 6.51. The molecule has 0 radical (unpaired) electrons. The van der Waals surface area contributed by atoms with Gasteiger partial charge in [-0.15, -0.1) is 11.3 Å². The molecule has 2 aromatic carbocycles. The maximum atomic E-state index is 13.1. The number of rotatable bonds is 4. The van der Waals surface area contributed by atoms with Crippen LogP contribution in [0.25, 0.3) is 0 Å². The number of hydrogen-bond donors (Lipinski definition) is 2. The number of halogens is 2. The molecule has 7 heteroatoms. The number of aryl methyl sites for hydroxylation is 1. The van der Waals surface area contributed by atoms with Crippen LogP contribution in [0.15, 0.2) is 48.5 Å². The van der Waals surface area contributed by atoms with Gasteiger partial charge in [-0.2, -0.15) is 0 Å². The zero-order chi connectivity index (χ0) is 20.4. The van der Waals surface area contributed by atoms with Crippen LogP contribution < -0.4 is 10.6 Å². The summed E-state index contributed by atoms with van der Waals surface area (Å²) in [4.78, 5) is 27.0. The molecule has 29 heavy (non-hydrogen) atoms. The lowest BCUT2D eigenvalue weighted by Gasteiger charge is -2.13. The first-order valence-electron chi connectivity index (χ1n) is 9.29. The maximum absolute atomic E-state index is 13.1. The second-order valence-electron chi connectivity index (χ2n) is 6.84. The summed E-state index contributed by atoms with van der Waals surface area (Å²) in [6.07, 6.45) is 3.89. The van der Waals surface area contributed by atoms with Gasteiger partial charge in [-0.3, -0.25) is 9.59 Å². The fraction of sp³-hybridized carbons (Fsp3) is 0.182. The minimum Gasteiger partial charge on any atom is -0.322 e. The van der Waals surface area contributed by atoms with Gasteiger partial charge in [0.1, 0.15) is 5.00 Å². The maximum Gasteiger partial charge on any atom is 0.258 e. The zero-order valence-corrected chi connectivity index (χ0v) is 17.8. The molecular formula is C22H18Cl2N2O2S. The molecule has 2 N–H and O–H groups in total. The monoisotopic (exact) mass is 444 g/mol. The van der Waals surface area contributed by atoms with Gasteiger partial charge in [0.15, 0.2) is 0 Å². The Kier molecular flexibility index (Phi) is 5.90. The van der Waals surface area contributed by atoms with Crippen molar-refractivity contribution < 1.29 is 9.59 Å². The minimum absolute atomic E-state index is 0.229. The molecule has 0 saturated carbocycles. The summed E-state index contributed by atoms with van der Waals surface area (Å²) in [6.45, 7) is 0. The largest absolute Gasteiger partial charge is 0.322 e. The van der Waals surface area contributed by atoms with Crippen LogP contribution in [0.1, 0.15) is 44.0 Å². The molecule has 1 heterocycles. The SMILES string of the molecule is O=C(Nc1sc2c(c1C(=O)Nc1ccc(Cl)cc1)CCCC2)c1cccc(Cl)c1. The van der Waals surface area contributed by atoms with E-state index in [2.05, 4.69) is 10.6 Å². The molecule has 0 bridgehead atoms. The predicted molar refractivity (Wildman–Crippen MR) is 120 cm³/mol. The molecule has 1 aliphatic rings. The molecule has 0 unspecified atom stereocenters. The second-order valence-corrected chi connectivity index (χ2v) is 8.82. The molecular weight excluding hydrogens is 427 g/mol. The van der Waals surface area contributed by atoms with Crippen molar-refractivity contribution >= 4 is 57.0 Å². The number of carbonyl (C=O) groups is 2. The standard InChI is InChI=1S/C22H18Cl2N2O2S/c23-14-8-10-16(11-9-14)25-21(28)19-17-6-1-2-7-18(17)29-22(19)26-20(27)13-4-3-5-15(24)12-13/h3-5,8-12H,1-2,6-7H2,(H,25,28)(H,26,27). The Morgan fingerprint density at radius 3 is 2.38 bits per heavy atom. The third kappa shape index (κ3) is 4.47. The molecule has 4 nitrogen and oxygen atoms in total. The molecule has 148 valence electrons.